The molecule has 0 aromatic heterocycles. The largest absolute Gasteiger partial charge is 0.457 e. The van der Waals surface area contributed by atoms with E-state index in [2.05, 4.69) is 121 Å². The van der Waals surface area contributed by atoms with Crippen molar-refractivity contribution in [1.29, 1.82) is 0 Å². The molecule has 16 fully saturated rings. The van der Waals surface area contributed by atoms with Gasteiger partial charge in [-0.2, -0.15) is 0 Å². The van der Waals surface area contributed by atoms with Crippen LogP contribution >= 0.6 is 0 Å². The Morgan fingerprint density at radius 1 is 0.514 bits per heavy atom. The summed E-state index contributed by atoms with van der Waals surface area (Å²) < 4.78 is 63.1. The molecule has 12 saturated carbocycles. The summed E-state index contributed by atoms with van der Waals surface area (Å²) in [5.74, 6) is 3.67. The molecule has 12 aliphatic carbocycles. The lowest BCUT2D eigenvalue weighted by Crippen LogP contribution is -2.61. The Hall–Kier alpha value is -0.616. The highest BCUT2D eigenvalue weighted by molar-refractivity contribution is 6.74. The van der Waals surface area contributed by atoms with Gasteiger partial charge in [0.25, 0.3) is 0 Å². The number of rotatable bonds is 21. The monoisotopic (exact) mass is 1530 g/mol. The minimum absolute atomic E-state index is 0.00589. The van der Waals surface area contributed by atoms with E-state index < -0.39 is 40.0 Å². The zero-order valence-corrected chi connectivity index (χ0v) is 73.6. The summed E-state index contributed by atoms with van der Waals surface area (Å²) in [6, 6.07) is 8.21. The number of morpholine rings is 2. The van der Waals surface area contributed by atoms with E-state index in [1.54, 1.807) is 27.7 Å². The van der Waals surface area contributed by atoms with Crippen LogP contribution in [0, 0.1) is 101 Å². The number of aliphatic hydroxyl groups excluding tert-OH is 1. The van der Waals surface area contributed by atoms with Crippen LogP contribution < -0.4 is 0 Å². The van der Waals surface area contributed by atoms with Gasteiger partial charge in [0.05, 0.1) is 73.2 Å². The van der Waals surface area contributed by atoms with Gasteiger partial charge in [0, 0.05) is 56.0 Å². The fourth-order valence-electron chi connectivity index (χ4n) is 31.6. The van der Waals surface area contributed by atoms with E-state index in [0.717, 1.165) is 113 Å². The fourth-order valence-corrected chi connectivity index (χ4v) is 37.5. The first-order chi connectivity index (χ1) is 50.3. The summed E-state index contributed by atoms with van der Waals surface area (Å²) in [6.45, 7) is 53.9. The summed E-state index contributed by atoms with van der Waals surface area (Å²) in [7, 11) is -4.08. The van der Waals surface area contributed by atoms with Crippen LogP contribution in [0.25, 0.3) is 0 Å². The molecule has 0 aromatic rings. The highest BCUT2D eigenvalue weighted by Crippen LogP contribution is 2.92. The van der Waals surface area contributed by atoms with Crippen molar-refractivity contribution in [3.63, 3.8) is 0 Å². The predicted molar refractivity (Wildman–Crippen MR) is 426 cm³/mol. The molecule has 4 saturated heterocycles. The molecule has 2 unspecified atom stereocenters. The van der Waals surface area contributed by atoms with E-state index in [4.69, 9.17) is 42.0 Å². The van der Waals surface area contributed by atoms with Crippen molar-refractivity contribution in [1.82, 2.24) is 9.80 Å². The zero-order chi connectivity index (χ0) is 76.8. The van der Waals surface area contributed by atoms with Gasteiger partial charge in [-0.25, -0.2) is 0 Å². The molecule has 16 rings (SSSR count). The normalized spacial score (nSPS) is 48.4. The van der Waals surface area contributed by atoms with Crippen molar-refractivity contribution in [2.75, 3.05) is 39.4 Å². The van der Waals surface area contributed by atoms with Crippen molar-refractivity contribution in [2.45, 2.75) is 420 Å². The molecule has 15 nitrogen and oxygen atoms in total. The van der Waals surface area contributed by atoms with Gasteiger partial charge in [-0.15, -0.1) is 0 Å². The minimum Gasteiger partial charge on any atom is -0.457 e. The van der Waals surface area contributed by atoms with Crippen LogP contribution in [-0.4, -0.2) is 184 Å². The molecule has 0 radical (unpaired) electrons. The molecule has 4 aliphatic heterocycles. The van der Waals surface area contributed by atoms with Crippen LogP contribution in [0.4, 0.5) is 0 Å². The number of carbonyl (C=O) groups is 1. The Morgan fingerprint density at radius 3 is 1.24 bits per heavy atom. The molecular weight excluding hydrogens is 1370 g/mol. The number of ether oxygens (including phenoxy) is 7. The van der Waals surface area contributed by atoms with Gasteiger partial charge in [0.15, 0.2) is 35.3 Å². The van der Waals surface area contributed by atoms with Crippen LogP contribution in [0.5, 0.6) is 0 Å². The fraction of sp³-hybridized carbons (Fsp3) is 0.989. The third kappa shape index (κ3) is 12.2. The number of aliphatic hydroxyl groups is 3. The summed E-state index contributed by atoms with van der Waals surface area (Å²) >= 11 is 0. The maximum absolute atomic E-state index is 12.4. The number of fused-ring (bicyclic) bond motifs is 8. The Balaban J connectivity index is 0.000000171. The summed E-state index contributed by atoms with van der Waals surface area (Å²) in [5.41, 5.74) is -0.608. The molecule has 612 valence electrons. The van der Waals surface area contributed by atoms with Gasteiger partial charge in [-0.05, 0) is 283 Å². The maximum atomic E-state index is 12.4. The topological polar surface area (TPSA) is 167 Å². The zero-order valence-electron chi connectivity index (χ0n) is 71.6. The Morgan fingerprint density at radius 2 is 0.888 bits per heavy atom. The summed E-state index contributed by atoms with van der Waals surface area (Å²) in [4.78, 5) is 17.7. The van der Waals surface area contributed by atoms with Crippen molar-refractivity contribution >= 4 is 22.6 Å². The molecule has 0 aromatic carbocycles. The van der Waals surface area contributed by atoms with Gasteiger partial charge >= 0.3 is 5.97 Å². The molecule has 17 heteroatoms. The maximum Gasteiger partial charge on any atom is 0.303 e. The van der Waals surface area contributed by atoms with Crippen LogP contribution in [0.15, 0.2) is 0 Å². The second-order valence-corrected chi connectivity index (χ2v) is 53.0. The summed E-state index contributed by atoms with van der Waals surface area (Å²) in [6.07, 6.45) is 25.2. The molecule has 4 heterocycles. The van der Waals surface area contributed by atoms with Crippen LogP contribution in [0.2, 0.25) is 36.3 Å². The average molecular weight is 1530 g/mol. The second kappa shape index (κ2) is 28.3. The lowest BCUT2D eigenvalue weighted by atomic mass is 9.41. The van der Waals surface area contributed by atoms with Gasteiger partial charge < -0.3 is 57.3 Å². The van der Waals surface area contributed by atoms with Gasteiger partial charge in [0.1, 0.15) is 6.10 Å². The van der Waals surface area contributed by atoms with Crippen molar-refractivity contribution in [2.24, 2.45) is 101 Å². The highest BCUT2D eigenvalue weighted by Gasteiger charge is 2.88. The minimum atomic E-state index is -2.06. The standard InChI is InChI=1S/C46H79NO7Si.C44H77NO6Si/c1-12-55(13-2,14-3)54-40-38-37(29(4)26-32(52-38)39(42(8,9)49)51-30(5)48)43(10)22-23-46-28-45(46)21-20-35(41(6,7)33(45)18-19-34(46)44(40,43)11)53-36-27-47(24-25-50-36)31-16-15-17-31;1-11-52(12-2,13-3)51-38-36-35(28(4)25-30(49-36)37(46)40(7,8)47)41(9)21-22-44-27-43(44)20-19-33(39(5,6)31(43)17-18-32(44)42(38,41)10)50-34-26-45(23-24-48-34)29-15-14-16-29/h29,31-40,49H,12-28H2,1-11H3;28-38,46-47H,11-27H2,1-10H3/t29-,32-,33+,34+,35+,36+,37+,38+,39+,40+,43-,44-,45?,46+;28-,30-,31+,32+,33+,34+,35+,36+,37+,38+,41-,42-,43?,44+/m11/s1. The molecule has 16 aliphatic rings. The number of carbonyl (C=O) groups excluding carboxylic acids is 1. The van der Waals surface area contributed by atoms with E-state index in [1.807, 2.05) is 0 Å². The van der Waals surface area contributed by atoms with Crippen molar-refractivity contribution in [3.05, 3.63) is 0 Å². The van der Waals surface area contributed by atoms with Crippen LogP contribution in [0.1, 0.15) is 287 Å². The van der Waals surface area contributed by atoms with Crippen molar-refractivity contribution < 1.29 is 62.1 Å². The molecule has 3 N–H and O–H groups in total. The molecule has 0 amide bonds. The third-order valence-corrected chi connectivity index (χ3v) is 47.7. The van der Waals surface area contributed by atoms with E-state index in [9.17, 15) is 20.1 Å². The molecule has 28 atom stereocenters. The van der Waals surface area contributed by atoms with Gasteiger partial charge in [0.2, 0.25) is 0 Å². The average Bonchev–Trinajstić information content (AvgIpc) is 1.46. The lowest BCUT2D eigenvalue weighted by molar-refractivity contribution is -0.252. The van der Waals surface area contributed by atoms with E-state index >= 15 is 0 Å². The third-order valence-electron chi connectivity index (χ3n) is 38.4. The smallest absolute Gasteiger partial charge is 0.303 e. The Bertz CT molecular complexity index is 3170. The first-order valence-electron chi connectivity index (χ1n) is 45.3. The van der Waals surface area contributed by atoms with E-state index in [1.165, 1.54) is 122 Å². The molecule has 0 bridgehead atoms. The lowest BCUT2D eigenvalue weighted by Gasteiger charge is -2.64. The number of hydrogen-bond donors (Lipinski definition) is 3. The Kier molecular flexibility index (Phi) is 21.6. The molecular formula is C90H156N2O13Si2. The first-order valence-corrected chi connectivity index (χ1v) is 50.4. The SMILES string of the molecule is CC[Si](CC)(CC)O[C@H]1[C@H]2O[C@@H]([C@H](O)C(C)(C)O)C[C@@H](C)[C@@H]2[C@@]2(C)CC[C@@]34CC35CC[C@H](O[C@H]3CN(C6CCC6)CCO3)C(C)(C)[C@@H]5CC[C@H]4[C@]12C.CC[Si](CC)(CC)O[C@H]1[C@H]2O[C@@H]([C@H](OC(C)=O)C(C)(C)O)C[C@@H](C)[C@@H]2[C@@]2(C)CC[C@@]34CC35CC[C@H](O[C@H]3CN(C6CCC6)CCO3)C(C)(C)[C@@H]5CC[C@H]4[C@]12C. The Labute approximate surface area is 651 Å². The van der Waals surface area contributed by atoms with Crippen LogP contribution in [-0.2, 0) is 46.8 Å². The quantitative estimate of drug-likeness (QED) is 0.0733. The molecule has 107 heavy (non-hydrogen) atoms. The molecule has 4 spiro atoms. The second-order valence-electron chi connectivity index (χ2n) is 43.6. The van der Waals surface area contributed by atoms with E-state index in [0.29, 0.717) is 69.0 Å². The highest BCUT2D eigenvalue weighted by atomic mass is 28.4. The number of nitrogens with zero attached hydrogens (tertiary/aromatic N) is 2. The number of esters is 1. The summed E-state index contributed by atoms with van der Waals surface area (Å²) in [5, 5.41) is 33.8. The van der Waals surface area contributed by atoms with Crippen molar-refractivity contribution in [3.8, 4) is 0 Å². The van der Waals surface area contributed by atoms with Gasteiger partial charge in [-0.3, -0.25) is 14.6 Å². The first kappa shape index (κ1) is 81.5. The predicted octanol–water partition coefficient (Wildman–Crippen LogP) is 17.7. The van der Waals surface area contributed by atoms with Crippen LogP contribution in [0.3, 0.4) is 0 Å². The van der Waals surface area contributed by atoms with Gasteiger partial charge in [-0.1, -0.05) is 124 Å². The number of hydrogen-bond acceptors (Lipinski definition) is 15. The van der Waals surface area contributed by atoms with E-state index in [-0.39, 0.29) is 99.9 Å².